The maximum Gasteiger partial charge on any atom is 0.416 e. The molecule has 13 heteroatoms. The molecule has 0 atom stereocenters. The maximum absolute atomic E-state index is 13.5. The SMILES string of the molecule is Cc1nc(NCc2cn(Cc3cc(F)ccc3C(F)(F)F)nn2)nc2c1NC(=O)CN2C. The van der Waals surface area contributed by atoms with Gasteiger partial charge in [-0.3, -0.25) is 4.79 Å². The number of halogens is 4. The number of amides is 1. The van der Waals surface area contributed by atoms with Crippen molar-refractivity contribution in [1.29, 1.82) is 0 Å². The Hall–Kier alpha value is -3.77. The number of carbonyl (C=O) groups excluding carboxylic acids is 1. The highest BCUT2D eigenvalue weighted by atomic mass is 19.4. The van der Waals surface area contributed by atoms with Crippen LogP contribution in [-0.4, -0.2) is 44.5 Å². The van der Waals surface area contributed by atoms with Crippen molar-refractivity contribution in [2.45, 2.75) is 26.2 Å². The van der Waals surface area contributed by atoms with Crippen LogP contribution in [0.15, 0.2) is 24.4 Å². The van der Waals surface area contributed by atoms with Crippen LogP contribution in [0.1, 0.15) is 22.5 Å². The summed E-state index contributed by atoms with van der Waals surface area (Å²) in [5, 5.41) is 13.5. The van der Waals surface area contributed by atoms with Gasteiger partial charge in [-0.1, -0.05) is 5.21 Å². The first kappa shape index (κ1) is 21.5. The van der Waals surface area contributed by atoms with E-state index >= 15 is 0 Å². The molecule has 3 heterocycles. The zero-order valence-corrected chi connectivity index (χ0v) is 17.0. The fraction of sp³-hybridized carbons (Fsp3) is 0.316. The molecule has 1 aromatic carbocycles. The number of hydrogen-bond acceptors (Lipinski definition) is 7. The Morgan fingerprint density at radius 3 is 2.78 bits per heavy atom. The van der Waals surface area contributed by atoms with E-state index < -0.39 is 17.6 Å². The topological polar surface area (TPSA) is 101 Å². The average Bonchev–Trinajstić information content (AvgIpc) is 3.13. The quantitative estimate of drug-likeness (QED) is 0.577. The summed E-state index contributed by atoms with van der Waals surface area (Å²) in [5.74, 6) is -0.0654. The lowest BCUT2D eigenvalue weighted by atomic mass is 10.1. The van der Waals surface area contributed by atoms with Crippen LogP contribution in [0.5, 0.6) is 0 Å². The zero-order chi connectivity index (χ0) is 23.0. The minimum absolute atomic E-state index is 0.156. The molecule has 0 radical (unpaired) electrons. The summed E-state index contributed by atoms with van der Waals surface area (Å²) >= 11 is 0. The molecule has 168 valence electrons. The summed E-state index contributed by atoms with van der Waals surface area (Å²) in [6, 6.07) is 2.31. The Bertz CT molecular complexity index is 1180. The fourth-order valence-electron chi connectivity index (χ4n) is 3.34. The average molecular weight is 450 g/mol. The van der Waals surface area contributed by atoms with Gasteiger partial charge in [-0.2, -0.15) is 18.2 Å². The smallest absolute Gasteiger partial charge is 0.348 e. The molecule has 3 aromatic rings. The lowest BCUT2D eigenvalue weighted by Crippen LogP contribution is -2.36. The molecular weight excluding hydrogens is 432 g/mol. The summed E-state index contributed by atoms with van der Waals surface area (Å²) in [5.41, 5.74) is 0.363. The lowest BCUT2D eigenvalue weighted by Gasteiger charge is -2.27. The van der Waals surface area contributed by atoms with Crippen LogP contribution in [0, 0.1) is 12.7 Å². The molecule has 1 amide bonds. The summed E-state index contributed by atoms with van der Waals surface area (Å²) in [6.07, 6.45) is -3.15. The molecule has 2 aromatic heterocycles. The zero-order valence-electron chi connectivity index (χ0n) is 17.0. The van der Waals surface area contributed by atoms with Gasteiger partial charge in [0.1, 0.15) is 17.2 Å². The van der Waals surface area contributed by atoms with Crippen LogP contribution in [0.25, 0.3) is 0 Å². The third-order valence-electron chi connectivity index (χ3n) is 4.80. The molecule has 4 rings (SSSR count). The molecule has 1 aliphatic heterocycles. The van der Waals surface area contributed by atoms with Gasteiger partial charge < -0.3 is 15.5 Å². The fourth-order valence-corrected chi connectivity index (χ4v) is 3.34. The number of anilines is 3. The number of likely N-dealkylation sites (N-methyl/N-ethyl adjacent to an activating group) is 1. The molecule has 0 unspecified atom stereocenters. The Morgan fingerprint density at radius 2 is 2.03 bits per heavy atom. The third-order valence-corrected chi connectivity index (χ3v) is 4.80. The first-order valence-corrected chi connectivity index (χ1v) is 9.48. The highest BCUT2D eigenvalue weighted by Gasteiger charge is 2.33. The summed E-state index contributed by atoms with van der Waals surface area (Å²) in [4.78, 5) is 22.1. The summed E-state index contributed by atoms with van der Waals surface area (Å²) < 4.78 is 54.2. The predicted molar refractivity (Wildman–Crippen MR) is 107 cm³/mol. The van der Waals surface area contributed by atoms with Crippen molar-refractivity contribution in [3.05, 3.63) is 52.7 Å². The van der Waals surface area contributed by atoms with Crippen LogP contribution in [0.2, 0.25) is 0 Å². The van der Waals surface area contributed by atoms with E-state index in [1.165, 1.54) is 10.9 Å². The number of rotatable bonds is 5. The molecular formula is C19H18F4N8O. The highest BCUT2D eigenvalue weighted by molar-refractivity contribution is 6.00. The van der Waals surface area contributed by atoms with E-state index in [-0.39, 0.29) is 31.1 Å². The Labute approximate surface area is 179 Å². The summed E-state index contributed by atoms with van der Waals surface area (Å²) in [6.45, 7) is 1.76. The molecule has 0 aliphatic carbocycles. The van der Waals surface area contributed by atoms with Gasteiger partial charge in [0.25, 0.3) is 0 Å². The monoisotopic (exact) mass is 450 g/mol. The largest absolute Gasteiger partial charge is 0.416 e. The van der Waals surface area contributed by atoms with Crippen molar-refractivity contribution in [1.82, 2.24) is 25.0 Å². The second kappa shape index (κ2) is 8.05. The molecule has 32 heavy (non-hydrogen) atoms. The van der Waals surface area contributed by atoms with E-state index in [0.29, 0.717) is 34.9 Å². The number of hydrogen-bond donors (Lipinski definition) is 2. The second-order valence-electron chi connectivity index (χ2n) is 7.30. The normalized spacial score (nSPS) is 13.7. The van der Waals surface area contributed by atoms with Crippen molar-refractivity contribution in [3.63, 3.8) is 0 Å². The van der Waals surface area contributed by atoms with Gasteiger partial charge in [0.05, 0.1) is 37.1 Å². The van der Waals surface area contributed by atoms with E-state index in [1.54, 1.807) is 18.9 Å². The molecule has 9 nitrogen and oxygen atoms in total. The first-order valence-electron chi connectivity index (χ1n) is 9.48. The standard InChI is InChI=1S/C19H18F4N8O/c1-10-16-17(30(2)9-15(32)26-16)27-18(25-10)24-6-13-8-31(29-28-13)7-11-5-12(20)3-4-14(11)19(21,22)23/h3-5,8H,6-7,9H2,1-2H3,(H,26,32)(H,24,25,27). The second-order valence-corrected chi connectivity index (χ2v) is 7.30. The van der Waals surface area contributed by atoms with E-state index in [2.05, 4.69) is 30.9 Å². The van der Waals surface area contributed by atoms with Crippen LogP contribution < -0.4 is 15.5 Å². The van der Waals surface area contributed by atoms with Crippen molar-refractivity contribution >= 4 is 23.4 Å². The number of nitrogens with one attached hydrogen (secondary N) is 2. The van der Waals surface area contributed by atoms with E-state index in [4.69, 9.17) is 0 Å². The molecule has 1 aliphatic rings. The maximum atomic E-state index is 13.5. The number of benzene rings is 1. The molecule has 0 saturated carbocycles. The van der Waals surface area contributed by atoms with Gasteiger partial charge >= 0.3 is 6.18 Å². The number of aromatic nitrogens is 5. The van der Waals surface area contributed by atoms with Gasteiger partial charge in [0, 0.05) is 7.05 Å². The molecule has 0 saturated heterocycles. The van der Waals surface area contributed by atoms with Crippen molar-refractivity contribution in [3.8, 4) is 0 Å². The number of alkyl halides is 3. The molecule has 0 spiro atoms. The van der Waals surface area contributed by atoms with Crippen LogP contribution >= 0.6 is 0 Å². The van der Waals surface area contributed by atoms with Gasteiger partial charge in [-0.25, -0.2) is 14.1 Å². The Balaban J connectivity index is 1.48. The van der Waals surface area contributed by atoms with Gasteiger partial charge in [0.15, 0.2) is 5.82 Å². The van der Waals surface area contributed by atoms with Crippen LogP contribution in [0.3, 0.4) is 0 Å². The Kier molecular flexibility index (Phi) is 5.40. The van der Waals surface area contributed by atoms with E-state index in [1.807, 2.05) is 0 Å². The van der Waals surface area contributed by atoms with Crippen LogP contribution in [-0.2, 0) is 24.1 Å². The minimum Gasteiger partial charge on any atom is -0.348 e. The van der Waals surface area contributed by atoms with Crippen molar-refractivity contribution in [2.24, 2.45) is 0 Å². The number of nitrogens with zero attached hydrogens (tertiary/aromatic N) is 6. The molecule has 0 fully saturated rings. The summed E-state index contributed by atoms with van der Waals surface area (Å²) in [7, 11) is 1.74. The Morgan fingerprint density at radius 1 is 1.25 bits per heavy atom. The predicted octanol–water partition coefficient (Wildman–Crippen LogP) is 2.58. The van der Waals surface area contributed by atoms with Crippen molar-refractivity contribution < 1.29 is 22.4 Å². The molecule has 0 bridgehead atoms. The lowest BCUT2D eigenvalue weighted by molar-refractivity contribution is -0.138. The number of aryl methyl sites for hydroxylation is 1. The van der Waals surface area contributed by atoms with E-state index in [9.17, 15) is 22.4 Å². The van der Waals surface area contributed by atoms with Gasteiger partial charge in [-0.05, 0) is 30.7 Å². The van der Waals surface area contributed by atoms with Gasteiger partial charge in [0.2, 0.25) is 11.9 Å². The van der Waals surface area contributed by atoms with E-state index in [0.717, 1.165) is 12.1 Å². The first-order chi connectivity index (χ1) is 15.1. The van der Waals surface area contributed by atoms with Crippen molar-refractivity contribution in [2.75, 3.05) is 29.1 Å². The minimum atomic E-state index is -4.61. The van der Waals surface area contributed by atoms with Gasteiger partial charge in [-0.15, -0.1) is 5.10 Å². The van der Waals surface area contributed by atoms with Crippen LogP contribution in [0.4, 0.5) is 35.0 Å². The third kappa shape index (κ3) is 4.45. The number of fused-ring (bicyclic) bond motifs is 1. The molecule has 2 N–H and O–H groups in total. The number of carbonyl (C=O) groups is 1. The highest BCUT2D eigenvalue weighted by Crippen LogP contribution is 2.33.